The zero-order valence-electron chi connectivity index (χ0n) is 23.6. The lowest BCUT2D eigenvalue weighted by atomic mass is 9.79. The molecule has 0 amide bonds. The summed E-state index contributed by atoms with van der Waals surface area (Å²) in [5, 5.41) is 18.7. The minimum atomic E-state index is -1.41. The number of aromatic nitrogens is 2. The maximum absolute atomic E-state index is 9.05. The van der Waals surface area contributed by atoms with E-state index < -0.39 is 7.12 Å². The normalized spacial score (nSPS) is 10.0. The number of aryl methyl sites for hydroxylation is 2. The Labute approximate surface area is 253 Å². The fourth-order valence-corrected chi connectivity index (χ4v) is 4.42. The monoisotopic (exact) mass is 570 g/mol. The van der Waals surface area contributed by atoms with E-state index >= 15 is 0 Å². The van der Waals surface area contributed by atoms with Crippen molar-refractivity contribution in [3.63, 3.8) is 0 Å². The summed E-state index contributed by atoms with van der Waals surface area (Å²) in [6.07, 6.45) is 0. The van der Waals surface area contributed by atoms with Crippen molar-refractivity contribution in [2.75, 3.05) is 0 Å². The van der Waals surface area contributed by atoms with E-state index in [-0.39, 0.29) is 0 Å². The van der Waals surface area contributed by atoms with E-state index in [1.165, 1.54) is 11.1 Å². The highest BCUT2D eigenvalue weighted by Gasteiger charge is 2.10. The van der Waals surface area contributed by atoms with Gasteiger partial charge in [0.25, 0.3) is 0 Å². The van der Waals surface area contributed by atoms with Crippen LogP contribution in [-0.4, -0.2) is 27.1 Å². The molecule has 0 aliphatic rings. The van der Waals surface area contributed by atoms with Crippen molar-refractivity contribution < 1.29 is 10.0 Å². The second-order valence-electron chi connectivity index (χ2n) is 9.58. The Balaban J connectivity index is 0.000000157. The first-order valence-corrected chi connectivity index (χ1v) is 14.0. The molecule has 0 saturated carbocycles. The fraction of sp³-hybridized carbons (Fsp3) is 0.0556. The SMILES string of the molecule is Cc1cccc(-c2cccc(-c3ccccc3)c2)n1.Cc1cccc(Cl)n1.OB(O)c1cccc(-c2ccccc2)c1. The second kappa shape index (κ2) is 15.5. The molecule has 0 aliphatic carbocycles. The first kappa shape index (κ1) is 30.4. The van der Waals surface area contributed by atoms with Crippen LogP contribution in [0.15, 0.2) is 146 Å². The Morgan fingerprint density at radius 1 is 0.476 bits per heavy atom. The van der Waals surface area contributed by atoms with Crippen molar-refractivity contribution >= 4 is 24.2 Å². The van der Waals surface area contributed by atoms with Gasteiger partial charge < -0.3 is 10.0 Å². The predicted molar refractivity (Wildman–Crippen MR) is 176 cm³/mol. The predicted octanol–water partition coefficient (Wildman–Crippen LogP) is 7.80. The third-order valence-corrected chi connectivity index (χ3v) is 6.51. The summed E-state index contributed by atoms with van der Waals surface area (Å²) in [4.78, 5) is 8.52. The second-order valence-corrected chi connectivity index (χ2v) is 9.97. The lowest BCUT2D eigenvalue weighted by Gasteiger charge is -2.06. The molecule has 42 heavy (non-hydrogen) atoms. The Hall–Kier alpha value is -4.55. The van der Waals surface area contributed by atoms with Gasteiger partial charge in [-0.3, -0.25) is 4.98 Å². The molecule has 0 bridgehead atoms. The molecule has 0 fully saturated rings. The molecule has 0 radical (unpaired) electrons. The van der Waals surface area contributed by atoms with E-state index in [2.05, 4.69) is 64.6 Å². The largest absolute Gasteiger partial charge is 0.488 e. The minimum absolute atomic E-state index is 0.511. The molecule has 0 unspecified atom stereocenters. The molecule has 6 aromatic rings. The lowest BCUT2D eigenvalue weighted by molar-refractivity contribution is 0.426. The van der Waals surface area contributed by atoms with Crippen molar-refractivity contribution in [1.82, 2.24) is 9.97 Å². The topological polar surface area (TPSA) is 66.2 Å². The van der Waals surface area contributed by atoms with Crippen LogP contribution in [0.5, 0.6) is 0 Å². The highest BCUT2D eigenvalue weighted by Crippen LogP contribution is 2.25. The summed E-state index contributed by atoms with van der Waals surface area (Å²) < 4.78 is 0. The van der Waals surface area contributed by atoms with Crippen LogP contribution in [0.2, 0.25) is 5.15 Å². The van der Waals surface area contributed by atoms with Crippen LogP contribution in [0.25, 0.3) is 33.5 Å². The van der Waals surface area contributed by atoms with E-state index in [9.17, 15) is 0 Å². The average molecular weight is 571 g/mol. The molecule has 2 heterocycles. The number of rotatable bonds is 4. The maximum Gasteiger partial charge on any atom is 0.488 e. The molecule has 208 valence electrons. The van der Waals surface area contributed by atoms with Crippen LogP contribution in [0.1, 0.15) is 11.4 Å². The number of halogens is 1. The average Bonchev–Trinajstić information content (AvgIpc) is 3.03. The third-order valence-electron chi connectivity index (χ3n) is 6.30. The number of pyridine rings is 2. The summed E-state index contributed by atoms with van der Waals surface area (Å²) in [5.41, 5.74) is 9.21. The molecule has 0 aliphatic heterocycles. The maximum atomic E-state index is 9.05. The highest BCUT2D eigenvalue weighted by molar-refractivity contribution is 6.58. The zero-order chi connectivity index (χ0) is 29.7. The Morgan fingerprint density at radius 2 is 0.952 bits per heavy atom. The summed E-state index contributed by atoms with van der Waals surface area (Å²) >= 11 is 5.53. The smallest absolute Gasteiger partial charge is 0.423 e. The molecule has 4 aromatic carbocycles. The van der Waals surface area contributed by atoms with Gasteiger partial charge in [0.15, 0.2) is 0 Å². The Bertz CT molecular complexity index is 1680. The standard InChI is InChI=1S/C18H15N.C12H11BO2.C6H6ClN/c1-14-7-5-12-18(19-14)17-11-6-10-16(13-17)15-8-3-2-4-9-15;14-13(15)12-8-4-7-11(9-12)10-5-2-1-3-6-10;1-5-3-2-4-6(7)8-5/h2-13H,1H3;1-9,14-15H;2-4H,1H3. The Kier molecular flexibility index (Phi) is 11.2. The van der Waals surface area contributed by atoms with Crippen LogP contribution in [0, 0.1) is 13.8 Å². The van der Waals surface area contributed by atoms with Crippen molar-refractivity contribution in [2.24, 2.45) is 0 Å². The van der Waals surface area contributed by atoms with Crippen molar-refractivity contribution in [3.05, 3.63) is 162 Å². The quantitative estimate of drug-likeness (QED) is 0.168. The van der Waals surface area contributed by atoms with Crippen LogP contribution < -0.4 is 5.46 Å². The van der Waals surface area contributed by atoms with Crippen molar-refractivity contribution in [3.8, 4) is 33.5 Å². The highest BCUT2D eigenvalue weighted by atomic mass is 35.5. The zero-order valence-corrected chi connectivity index (χ0v) is 24.4. The number of benzene rings is 4. The van der Waals surface area contributed by atoms with Gasteiger partial charge in [-0.1, -0.05) is 127 Å². The van der Waals surface area contributed by atoms with Crippen LogP contribution >= 0.6 is 11.6 Å². The Morgan fingerprint density at radius 3 is 1.48 bits per heavy atom. The molecule has 0 spiro atoms. The van der Waals surface area contributed by atoms with Gasteiger partial charge in [0, 0.05) is 17.0 Å². The molecule has 2 aromatic heterocycles. The van der Waals surface area contributed by atoms with E-state index in [4.69, 9.17) is 21.6 Å². The van der Waals surface area contributed by atoms with Crippen molar-refractivity contribution in [2.45, 2.75) is 13.8 Å². The fourth-order valence-electron chi connectivity index (χ4n) is 4.21. The molecular formula is C36H32BClN2O2. The summed E-state index contributed by atoms with van der Waals surface area (Å²) in [6, 6.07) is 47.7. The first-order valence-electron chi connectivity index (χ1n) is 13.6. The molecular weight excluding hydrogens is 539 g/mol. The number of hydrogen-bond donors (Lipinski definition) is 2. The van der Waals surface area contributed by atoms with Gasteiger partial charge >= 0.3 is 7.12 Å². The molecule has 0 atom stereocenters. The summed E-state index contributed by atoms with van der Waals surface area (Å²) in [7, 11) is -1.41. The van der Waals surface area contributed by atoms with Gasteiger partial charge in [0.05, 0.1) is 5.69 Å². The molecule has 2 N–H and O–H groups in total. The molecule has 6 rings (SSSR count). The molecule has 0 saturated heterocycles. The van der Waals surface area contributed by atoms with E-state index in [0.717, 1.165) is 33.8 Å². The van der Waals surface area contributed by atoms with Gasteiger partial charge in [-0.2, -0.15) is 0 Å². The summed E-state index contributed by atoms with van der Waals surface area (Å²) in [5.74, 6) is 0. The van der Waals surface area contributed by atoms with Gasteiger partial charge in [0.2, 0.25) is 0 Å². The van der Waals surface area contributed by atoms with Gasteiger partial charge in [-0.15, -0.1) is 0 Å². The van der Waals surface area contributed by atoms with Crippen LogP contribution in [-0.2, 0) is 0 Å². The van der Waals surface area contributed by atoms with Crippen LogP contribution in [0.3, 0.4) is 0 Å². The van der Waals surface area contributed by atoms with E-state index in [1.54, 1.807) is 18.2 Å². The number of nitrogens with zero attached hydrogens (tertiary/aromatic N) is 2. The summed E-state index contributed by atoms with van der Waals surface area (Å²) in [6.45, 7) is 3.93. The van der Waals surface area contributed by atoms with Gasteiger partial charge in [0.1, 0.15) is 5.15 Å². The molecule has 4 nitrogen and oxygen atoms in total. The third kappa shape index (κ3) is 9.25. The minimum Gasteiger partial charge on any atom is -0.423 e. The van der Waals surface area contributed by atoms with E-state index in [0.29, 0.717) is 10.6 Å². The first-order chi connectivity index (χ1) is 20.4. The lowest BCUT2D eigenvalue weighted by Crippen LogP contribution is -2.29. The van der Waals surface area contributed by atoms with Crippen LogP contribution in [0.4, 0.5) is 0 Å². The van der Waals surface area contributed by atoms with Gasteiger partial charge in [-0.25, -0.2) is 4.98 Å². The molecule has 6 heteroatoms. The number of hydrogen-bond acceptors (Lipinski definition) is 4. The van der Waals surface area contributed by atoms with Gasteiger partial charge in [-0.05, 0) is 71.9 Å². The van der Waals surface area contributed by atoms with Crippen molar-refractivity contribution in [1.29, 1.82) is 0 Å². The van der Waals surface area contributed by atoms with E-state index in [1.807, 2.05) is 86.6 Å².